The van der Waals surface area contributed by atoms with Crippen molar-refractivity contribution in [1.29, 1.82) is 0 Å². The lowest BCUT2D eigenvalue weighted by atomic mass is 9.97. The summed E-state index contributed by atoms with van der Waals surface area (Å²) in [7, 11) is 2.81. The summed E-state index contributed by atoms with van der Waals surface area (Å²) in [5.41, 5.74) is -0.756. The molecule has 3 atom stereocenters. The first-order valence-electron chi connectivity index (χ1n) is 13.2. The molecule has 0 aliphatic carbocycles. The van der Waals surface area contributed by atoms with Crippen LogP contribution >= 0.6 is 0 Å². The summed E-state index contributed by atoms with van der Waals surface area (Å²) < 4.78 is 54.1. The number of methoxy groups -OCH3 is 1. The van der Waals surface area contributed by atoms with Crippen LogP contribution in [0.3, 0.4) is 0 Å². The highest BCUT2D eigenvalue weighted by Crippen LogP contribution is 2.39. The van der Waals surface area contributed by atoms with E-state index in [1.165, 1.54) is 20.1 Å². The highest BCUT2D eigenvalue weighted by Gasteiger charge is 2.36. The fourth-order valence-corrected chi connectivity index (χ4v) is 5.16. The highest BCUT2D eigenvalue weighted by atomic mass is 19.4. The number of ether oxygens (including phenoxy) is 2. The lowest BCUT2D eigenvalue weighted by Crippen LogP contribution is -2.48. The average molecular weight is 575 g/mol. The van der Waals surface area contributed by atoms with Gasteiger partial charge in [-0.2, -0.15) is 13.2 Å². The fourth-order valence-electron chi connectivity index (χ4n) is 5.16. The van der Waals surface area contributed by atoms with E-state index in [1.807, 2.05) is 13.8 Å². The molecule has 41 heavy (non-hydrogen) atoms. The molecule has 0 radical (unpaired) electrons. The molecule has 4 rings (SSSR count). The van der Waals surface area contributed by atoms with Crippen molar-refractivity contribution >= 4 is 28.5 Å². The average Bonchev–Trinajstić information content (AvgIpc) is 2.92. The van der Waals surface area contributed by atoms with Crippen molar-refractivity contribution in [3.8, 4) is 0 Å². The van der Waals surface area contributed by atoms with Crippen molar-refractivity contribution in [2.75, 3.05) is 32.1 Å². The van der Waals surface area contributed by atoms with E-state index in [1.54, 1.807) is 48.0 Å². The largest absolute Gasteiger partial charge is 0.468 e. The molecule has 0 N–H and O–H groups in total. The van der Waals surface area contributed by atoms with Gasteiger partial charge in [-0.3, -0.25) is 19.0 Å². The number of aryl methyl sites for hydroxylation is 1. The summed E-state index contributed by atoms with van der Waals surface area (Å²) in [5.74, 6) is -0.736. The number of carbonyl (C=O) groups is 2. The van der Waals surface area contributed by atoms with Crippen LogP contribution in [0.1, 0.15) is 54.1 Å². The van der Waals surface area contributed by atoms with Gasteiger partial charge in [-0.15, -0.1) is 0 Å². The fraction of sp³-hybridized carbons (Fsp3) is 0.448. The molecule has 220 valence electrons. The van der Waals surface area contributed by atoms with Crippen molar-refractivity contribution in [1.82, 2.24) is 14.5 Å². The summed E-state index contributed by atoms with van der Waals surface area (Å²) in [5, 5.41) is -0.0438. The molecule has 1 aliphatic heterocycles. The van der Waals surface area contributed by atoms with E-state index in [0.717, 1.165) is 10.6 Å². The Hall–Kier alpha value is -3.93. The molecule has 0 saturated carbocycles. The highest BCUT2D eigenvalue weighted by molar-refractivity contribution is 5.94. The molecule has 9 nitrogen and oxygen atoms in total. The predicted molar refractivity (Wildman–Crippen MR) is 147 cm³/mol. The van der Waals surface area contributed by atoms with Gasteiger partial charge < -0.3 is 19.3 Å². The smallest absolute Gasteiger partial charge is 0.416 e. The Bertz CT molecular complexity index is 1510. The minimum atomic E-state index is -4.71. The summed E-state index contributed by atoms with van der Waals surface area (Å²) in [6.07, 6.45) is -4.87. The number of aromatic nitrogens is 2. The Balaban J connectivity index is 1.69. The minimum Gasteiger partial charge on any atom is -0.468 e. The zero-order valence-electron chi connectivity index (χ0n) is 23.8. The third kappa shape index (κ3) is 6.22. The van der Waals surface area contributed by atoms with Crippen LogP contribution in [0, 0.1) is 6.92 Å². The Morgan fingerprint density at radius 2 is 1.76 bits per heavy atom. The number of rotatable bonds is 6. The first-order chi connectivity index (χ1) is 19.2. The molecule has 2 aromatic carbocycles. The van der Waals surface area contributed by atoms with Crippen molar-refractivity contribution in [2.24, 2.45) is 0 Å². The number of hydrogen-bond donors (Lipinski definition) is 0. The van der Waals surface area contributed by atoms with Crippen LogP contribution in [0.25, 0.3) is 10.9 Å². The molecular weight excluding hydrogens is 541 g/mol. The van der Waals surface area contributed by atoms with Gasteiger partial charge in [0.1, 0.15) is 12.4 Å². The van der Waals surface area contributed by atoms with Gasteiger partial charge in [-0.25, -0.2) is 4.98 Å². The lowest BCUT2D eigenvalue weighted by molar-refractivity contribution is -0.141. The molecule has 0 unspecified atom stereocenters. The maximum atomic E-state index is 14.2. The van der Waals surface area contributed by atoms with Crippen LogP contribution < -0.4 is 10.5 Å². The number of carbonyl (C=O) groups excluding carboxylic acids is 2. The van der Waals surface area contributed by atoms with E-state index in [-0.39, 0.29) is 40.4 Å². The van der Waals surface area contributed by atoms with Crippen molar-refractivity contribution < 1.29 is 32.2 Å². The normalized spacial score (nSPS) is 18.3. The molecule has 1 saturated heterocycles. The molecule has 3 aromatic rings. The van der Waals surface area contributed by atoms with E-state index in [2.05, 4.69) is 9.72 Å². The number of esters is 1. The number of morpholine rings is 1. The lowest BCUT2D eigenvalue weighted by Gasteiger charge is -2.35. The van der Waals surface area contributed by atoms with Gasteiger partial charge in [0, 0.05) is 31.4 Å². The van der Waals surface area contributed by atoms with Gasteiger partial charge in [0.15, 0.2) is 0 Å². The third-order valence-corrected chi connectivity index (χ3v) is 7.40. The van der Waals surface area contributed by atoms with Gasteiger partial charge in [-0.1, -0.05) is 0 Å². The van der Waals surface area contributed by atoms with Crippen LogP contribution in [0.4, 0.5) is 18.9 Å². The summed E-state index contributed by atoms with van der Waals surface area (Å²) in [4.78, 5) is 45.6. The Morgan fingerprint density at radius 3 is 2.32 bits per heavy atom. The molecule has 1 amide bonds. The van der Waals surface area contributed by atoms with Crippen LogP contribution in [-0.2, 0) is 27.0 Å². The molecule has 2 heterocycles. The molecule has 12 heteroatoms. The third-order valence-electron chi connectivity index (χ3n) is 7.40. The van der Waals surface area contributed by atoms with Crippen LogP contribution in [0.2, 0.25) is 0 Å². The quantitative estimate of drug-likeness (QED) is 0.405. The van der Waals surface area contributed by atoms with E-state index < -0.39 is 35.9 Å². The monoisotopic (exact) mass is 574 g/mol. The van der Waals surface area contributed by atoms with Gasteiger partial charge >= 0.3 is 12.1 Å². The standard InChI is InChI=1S/C29H33F3N4O5/c1-16-13-35(14-17(2)41-16)27(38)20-7-9-21(10-8-20)34(5)18(3)22-11-23-25(12-24(22)29(30,31)32)33-19(4)36(28(23)39)15-26(37)40-6/h7-12,16-18H,13-15H2,1-6H3/t16-,17+,18-/m0/s1. The second-order valence-electron chi connectivity index (χ2n) is 10.4. The molecule has 1 aromatic heterocycles. The summed E-state index contributed by atoms with van der Waals surface area (Å²) in [6.45, 7) is 7.38. The molecular formula is C29H33F3N4O5. The molecule has 1 aliphatic rings. The zero-order valence-corrected chi connectivity index (χ0v) is 23.8. The van der Waals surface area contributed by atoms with Crippen LogP contribution in [-0.4, -0.2) is 65.8 Å². The summed E-state index contributed by atoms with van der Waals surface area (Å²) >= 11 is 0. The van der Waals surface area contributed by atoms with Gasteiger partial charge in [-0.05, 0) is 69.7 Å². The number of fused-ring (bicyclic) bond motifs is 1. The van der Waals surface area contributed by atoms with Gasteiger partial charge in [0.2, 0.25) is 0 Å². The Labute approximate surface area is 235 Å². The number of anilines is 1. The van der Waals surface area contributed by atoms with E-state index in [4.69, 9.17) is 4.74 Å². The first-order valence-corrected chi connectivity index (χ1v) is 13.2. The maximum Gasteiger partial charge on any atom is 0.416 e. The van der Waals surface area contributed by atoms with Crippen LogP contribution in [0.5, 0.6) is 0 Å². The SMILES string of the molecule is COC(=O)Cn1c(C)nc2cc(C(F)(F)F)c([C@H](C)N(C)c3ccc(C(=O)N4C[C@@H](C)O[C@@H](C)C4)cc3)cc2c1=O. The van der Waals surface area contributed by atoms with E-state index >= 15 is 0 Å². The van der Waals surface area contributed by atoms with E-state index in [9.17, 15) is 27.6 Å². The van der Waals surface area contributed by atoms with Gasteiger partial charge in [0.25, 0.3) is 11.5 Å². The number of halogens is 3. The first kappa shape index (κ1) is 30.0. The number of benzene rings is 2. The number of nitrogens with zero attached hydrogens (tertiary/aromatic N) is 4. The topological polar surface area (TPSA) is 94.0 Å². The predicted octanol–water partition coefficient (Wildman–Crippen LogP) is 4.34. The zero-order chi connectivity index (χ0) is 30.2. The Kier molecular flexibility index (Phi) is 8.44. The van der Waals surface area contributed by atoms with Gasteiger partial charge in [0.05, 0.1) is 41.8 Å². The minimum absolute atomic E-state index is 0.0438. The van der Waals surface area contributed by atoms with Crippen LogP contribution in [0.15, 0.2) is 41.2 Å². The second kappa shape index (κ2) is 11.5. The number of amides is 1. The van der Waals surface area contributed by atoms with Crippen molar-refractivity contribution in [3.63, 3.8) is 0 Å². The molecule has 1 fully saturated rings. The van der Waals surface area contributed by atoms with Crippen molar-refractivity contribution in [3.05, 3.63) is 69.3 Å². The summed E-state index contributed by atoms with van der Waals surface area (Å²) in [6, 6.07) is 7.90. The van der Waals surface area contributed by atoms with Crippen molar-refractivity contribution in [2.45, 2.75) is 58.7 Å². The molecule has 0 spiro atoms. The Morgan fingerprint density at radius 1 is 1.15 bits per heavy atom. The van der Waals surface area contributed by atoms with E-state index in [0.29, 0.717) is 24.3 Å². The number of hydrogen-bond acceptors (Lipinski definition) is 7. The number of alkyl halides is 3. The second-order valence-corrected chi connectivity index (χ2v) is 10.4. The molecule has 0 bridgehead atoms. The maximum absolute atomic E-state index is 14.2.